The molecule has 1 aliphatic heterocycles. The van der Waals surface area contributed by atoms with Crippen LogP contribution in [-0.4, -0.2) is 24.0 Å². The molecule has 5 nitrogen and oxygen atoms in total. The summed E-state index contributed by atoms with van der Waals surface area (Å²) in [7, 11) is 0. The number of ether oxygens (including phenoxy) is 1. The van der Waals surface area contributed by atoms with Crippen LogP contribution in [0, 0.1) is 0 Å². The van der Waals surface area contributed by atoms with Crippen molar-refractivity contribution in [2.45, 2.75) is 33.4 Å². The van der Waals surface area contributed by atoms with Crippen molar-refractivity contribution in [2.24, 2.45) is 0 Å². The summed E-state index contributed by atoms with van der Waals surface area (Å²) >= 11 is 0. The number of carbonyl (C=O) groups is 1. The van der Waals surface area contributed by atoms with E-state index < -0.39 is 6.23 Å². The lowest BCUT2D eigenvalue weighted by molar-refractivity contribution is -0.121. The SMILES string of the molecule is CC(=O)NC1Oc2ccccc2Cc2cccnc21.CCNCC. The van der Waals surface area contributed by atoms with Gasteiger partial charge in [0.25, 0.3) is 0 Å². The van der Waals surface area contributed by atoms with Gasteiger partial charge in [0.1, 0.15) is 11.4 Å². The summed E-state index contributed by atoms with van der Waals surface area (Å²) in [5, 5.41) is 5.91. The zero-order valence-corrected chi connectivity index (χ0v) is 14.5. The van der Waals surface area contributed by atoms with E-state index in [1.807, 2.05) is 36.4 Å². The van der Waals surface area contributed by atoms with Gasteiger partial charge in [-0.2, -0.15) is 0 Å². The number of nitrogens with zero attached hydrogens (tertiary/aromatic N) is 1. The number of benzene rings is 1. The molecule has 0 saturated heterocycles. The molecule has 1 amide bonds. The molecule has 128 valence electrons. The fourth-order valence-electron chi connectivity index (χ4n) is 2.52. The highest BCUT2D eigenvalue weighted by atomic mass is 16.5. The van der Waals surface area contributed by atoms with Crippen molar-refractivity contribution in [2.75, 3.05) is 13.1 Å². The third-order valence-corrected chi connectivity index (χ3v) is 3.61. The highest BCUT2D eigenvalue weighted by Crippen LogP contribution is 2.31. The van der Waals surface area contributed by atoms with Gasteiger partial charge in [0.2, 0.25) is 12.1 Å². The molecule has 2 aromatic rings. The van der Waals surface area contributed by atoms with Gasteiger partial charge in [-0.15, -0.1) is 0 Å². The monoisotopic (exact) mass is 327 g/mol. The zero-order valence-electron chi connectivity index (χ0n) is 14.5. The van der Waals surface area contributed by atoms with Crippen molar-refractivity contribution < 1.29 is 9.53 Å². The Morgan fingerprint density at radius 2 is 1.88 bits per heavy atom. The number of hydrogen-bond acceptors (Lipinski definition) is 4. The summed E-state index contributed by atoms with van der Waals surface area (Å²) in [6, 6.07) is 11.8. The molecular weight excluding hydrogens is 302 g/mol. The number of rotatable bonds is 3. The topological polar surface area (TPSA) is 63.2 Å². The Balaban J connectivity index is 0.000000368. The third-order valence-electron chi connectivity index (χ3n) is 3.61. The number of pyridine rings is 1. The molecule has 2 N–H and O–H groups in total. The van der Waals surface area contributed by atoms with Crippen molar-refractivity contribution in [3.05, 3.63) is 59.4 Å². The van der Waals surface area contributed by atoms with Crippen LogP contribution in [0.3, 0.4) is 0 Å². The predicted molar refractivity (Wildman–Crippen MR) is 94.9 cm³/mol. The summed E-state index contributed by atoms with van der Waals surface area (Å²) in [6.07, 6.45) is 1.94. The fourth-order valence-corrected chi connectivity index (χ4v) is 2.52. The number of fused-ring (bicyclic) bond motifs is 2. The van der Waals surface area contributed by atoms with Gasteiger partial charge in [0.15, 0.2) is 0 Å². The van der Waals surface area contributed by atoms with E-state index in [1.54, 1.807) is 6.20 Å². The van der Waals surface area contributed by atoms with Gasteiger partial charge >= 0.3 is 0 Å². The molecule has 24 heavy (non-hydrogen) atoms. The molecule has 0 saturated carbocycles. The van der Waals surface area contributed by atoms with Crippen LogP contribution in [0.4, 0.5) is 0 Å². The van der Waals surface area contributed by atoms with Crippen molar-refractivity contribution >= 4 is 5.91 Å². The molecule has 0 fully saturated rings. The molecule has 0 radical (unpaired) electrons. The number of hydrogen-bond donors (Lipinski definition) is 2. The summed E-state index contributed by atoms with van der Waals surface area (Å²) in [5.74, 6) is 0.653. The zero-order chi connectivity index (χ0) is 17.4. The maximum absolute atomic E-state index is 11.3. The molecular formula is C19H25N3O2. The Labute approximate surface area is 143 Å². The number of nitrogens with one attached hydrogen (secondary N) is 2. The quantitative estimate of drug-likeness (QED) is 0.910. The average Bonchev–Trinajstić information content (AvgIpc) is 2.72. The first kappa shape index (κ1) is 17.9. The largest absolute Gasteiger partial charge is 0.464 e. The Kier molecular flexibility index (Phi) is 6.75. The Hall–Kier alpha value is -2.40. The maximum Gasteiger partial charge on any atom is 0.219 e. The van der Waals surface area contributed by atoms with E-state index in [0.717, 1.165) is 42.1 Å². The molecule has 1 unspecified atom stereocenters. The van der Waals surface area contributed by atoms with Crippen molar-refractivity contribution in [3.63, 3.8) is 0 Å². The molecule has 3 rings (SSSR count). The van der Waals surface area contributed by atoms with E-state index >= 15 is 0 Å². The molecule has 1 aliphatic rings. The highest BCUT2D eigenvalue weighted by Gasteiger charge is 2.24. The van der Waals surface area contributed by atoms with Crippen molar-refractivity contribution in [3.8, 4) is 5.75 Å². The molecule has 5 heteroatoms. The predicted octanol–water partition coefficient (Wildman–Crippen LogP) is 2.82. The lowest BCUT2D eigenvalue weighted by Crippen LogP contribution is -2.31. The summed E-state index contributed by atoms with van der Waals surface area (Å²) in [4.78, 5) is 15.7. The van der Waals surface area contributed by atoms with E-state index in [9.17, 15) is 4.79 Å². The number of carbonyl (C=O) groups excluding carboxylic acids is 1. The van der Waals surface area contributed by atoms with Gasteiger partial charge in [-0.25, -0.2) is 0 Å². The van der Waals surface area contributed by atoms with Crippen LogP contribution in [0.15, 0.2) is 42.6 Å². The molecule has 0 aliphatic carbocycles. The van der Waals surface area contributed by atoms with Crippen LogP contribution < -0.4 is 15.4 Å². The second kappa shape index (κ2) is 9.03. The first-order chi connectivity index (χ1) is 11.7. The number of aromatic nitrogens is 1. The van der Waals surface area contributed by atoms with Gasteiger partial charge in [0, 0.05) is 19.5 Å². The lowest BCUT2D eigenvalue weighted by Gasteiger charge is -2.18. The van der Waals surface area contributed by atoms with Crippen molar-refractivity contribution in [1.29, 1.82) is 0 Å². The van der Waals surface area contributed by atoms with Crippen LogP contribution >= 0.6 is 0 Å². The van der Waals surface area contributed by atoms with Gasteiger partial charge in [0.05, 0.1) is 0 Å². The second-order valence-corrected chi connectivity index (χ2v) is 5.49. The standard InChI is InChI=1S/C15H14N2O2.C4H11N/c1-10(18)17-15-14-12(6-4-8-16-14)9-11-5-2-3-7-13(11)19-15;1-3-5-4-2/h2-8,15H,9H2,1H3,(H,17,18);5H,3-4H2,1-2H3. The smallest absolute Gasteiger partial charge is 0.219 e. The first-order valence-corrected chi connectivity index (χ1v) is 8.31. The summed E-state index contributed by atoms with van der Waals surface area (Å²) in [5.41, 5.74) is 2.95. The minimum Gasteiger partial charge on any atom is -0.464 e. The third kappa shape index (κ3) is 4.80. The second-order valence-electron chi connectivity index (χ2n) is 5.49. The Morgan fingerprint density at radius 1 is 1.17 bits per heavy atom. The van der Waals surface area contributed by atoms with Crippen molar-refractivity contribution in [1.82, 2.24) is 15.6 Å². The summed E-state index contributed by atoms with van der Waals surface area (Å²) in [6.45, 7) is 7.86. The molecule has 0 bridgehead atoms. The number of amides is 1. The highest BCUT2D eigenvalue weighted by molar-refractivity contribution is 5.73. The van der Waals surface area contributed by atoms with Crippen LogP contribution in [0.2, 0.25) is 0 Å². The number of para-hydroxylation sites is 1. The Morgan fingerprint density at radius 3 is 2.54 bits per heavy atom. The Bertz CT molecular complexity index is 671. The van der Waals surface area contributed by atoms with Crippen LogP contribution in [0.25, 0.3) is 0 Å². The minimum absolute atomic E-state index is 0.138. The van der Waals surface area contributed by atoms with E-state index in [4.69, 9.17) is 4.74 Å². The average molecular weight is 327 g/mol. The van der Waals surface area contributed by atoms with Gasteiger partial charge in [-0.05, 0) is 36.3 Å². The minimum atomic E-state index is -0.530. The van der Waals surface area contributed by atoms with Gasteiger partial charge in [-0.3, -0.25) is 9.78 Å². The first-order valence-electron chi connectivity index (χ1n) is 8.31. The van der Waals surface area contributed by atoms with Gasteiger partial charge in [-0.1, -0.05) is 38.1 Å². The lowest BCUT2D eigenvalue weighted by atomic mass is 10.0. The maximum atomic E-state index is 11.3. The van der Waals surface area contributed by atoms with Crippen LogP contribution in [0.5, 0.6) is 5.75 Å². The normalized spacial score (nSPS) is 14.9. The fraction of sp³-hybridized carbons (Fsp3) is 0.368. The molecule has 2 heterocycles. The van der Waals surface area contributed by atoms with Crippen LogP contribution in [-0.2, 0) is 11.2 Å². The van der Waals surface area contributed by atoms with E-state index in [0.29, 0.717) is 0 Å². The molecule has 0 spiro atoms. The summed E-state index contributed by atoms with van der Waals surface area (Å²) < 4.78 is 5.90. The molecule has 1 aromatic heterocycles. The van der Waals surface area contributed by atoms with E-state index in [-0.39, 0.29) is 5.91 Å². The van der Waals surface area contributed by atoms with Crippen LogP contribution in [0.1, 0.15) is 43.8 Å². The molecule has 1 atom stereocenters. The molecule has 1 aromatic carbocycles. The van der Waals surface area contributed by atoms with Gasteiger partial charge < -0.3 is 15.4 Å². The van der Waals surface area contributed by atoms with E-state index in [2.05, 4.69) is 29.5 Å². The van der Waals surface area contributed by atoms with E-state index in [1.165, 1.54) is 6.92 Å².